The Morgan fingerprint density at radius 2 is 2.08 bits per heavy atom. The molecule has 4 rings (SSSR count). The normalized spacial score (nSPS) is 13.8. The van der Waals surface area contributed by atoms with Crippen molar-refractivity contribution in [2.45, 2.75) is 25.7 Å². The van der Waals surface area contributed by atoms with Gasteiger partial charge in [0.1, 0.15) is 0 Å². The van der Waals surface area contributed by atoms with Gasteiger partial charge < -0.3 is 10.6 Å². The molecule has 1 aliphatic carbocycles. The van der Waals surface area contributed by atoms with Crippen LogP contribution in [0.3, 0.4) is 0 Å². The first kappa shape index (κ1) is 15.1. The van der Waals surface area contributed by atoms with Crippen molar-refractivity contribution in [3.63, 3.8) is 0 Å². The van der Waals surface area contributed by atoms with Crippen molar-refractivity contribution in [2.24, 2.45) is 0 Å². The van der Waals surface area contributed by atoms with Gasteiger partial charge in [0, 0.05) is 29.6 Å². The second-order valence-electron chi connectivity index (χ2n) is 5.99. The highest BCUT2D eigenvalue weighted by molar-refractivity contribution is 9.10. The van der Waals surface area contributed by atoms with E-state index in [1.54, 1.807) is 6.20 Å². The maximum atomic E-state index is 4.53. The highest BCUT2D eigenvalue weighted by Crippen LogP contribution is 2.39. The van der Waals surface area contributed by atoms with Crippen molar-refractivity contribution in [1.82, 2.24) is 20.2 Å². The molecule has 2 heterocycles. The Kier molecular flexibility index (Phi) is 3.93. The molecule has 0 saturated heterocycles. The summed E-state index contributed by atoms with van der Waals surface area (Å²) in [4.78, 5) is 8.84. The number of hydrogen-bond acceptors (Lipinski definition) is 5. The van der Waals surface area contributed by atoms with Crippen LogP contribution in [0.1, 0.15) is 30.0 Å². The Balaban J connectivity index is 1.53. The van der Waals surface area contributed by atoms with E-state index < -0.39 is 0 Å². The van der Waals surface area contributed by atoms with Crippen LogP contribution in [0, 0.1) is 6.92 Å². The fraction of sp³-hybridized carbons (Fsp3) is 0.235. The maximum Gasteiger partial charge on any atom is 0.229 e. The SMILES string of the molecule is Cc1cccc(Nc2ncc(Br)c(Nc3cc(C4CC4)[nH]n3)n2)c1. The Hall–Kier alpha value is -2.41. The average Bonchev–Trinajstić information content (AvgIpc) is 3.31. The molecule has 0 spiro atoms. The van der Waals surface area contributed by atoms with Crippen LogP contribution in [0.2, 0.25) is 0 Å². The minimum absolute atomic E-state index is 0.532. The zero-order chi connectivity index (χ0) is 16.5. The van der Waals surface area contributed by atoms with Gasteiger partial charge in [0.15, 0.2) is 11.6 Å². The van der Waals surface area contributed by atoms with Gasteiger partial charge >= 0.3 is 0 Å². The Bertz CT molecular complexity index is 871. The van der Waals surface area contributed by atoms with Crippen molar-refractivity contribution < 1.29 is 0 Å². The summed E-state index contributed by atoms with van der Waals surface area (Å²) >= 11 is 3.48. The molecule has 0 aliphatic heterocycles. The molecule has 2 aromatic heterocycles. The molecule has 3 aromatic rings. The number of halogens is 1. The smallest absolute Gasteiger partial charge is 0.229 e. The van der Waals surface area contributed by atoms with E-state index >= 15 is 0 Å². The molecular weight excluding hydrogens is 368 g/mol. The number of anilines is 4. The van der Waals surface area contributed by atoms with Crippen molar-refractivity contribution in [1.29, 1.82) is 0 Å². The summed E-state index contributed by atoms with van der Waals surface area (Å²) in [5, 5.41) is 13.8. The number of aryl methyl sites for hydroxylation is 1. The van der Waals surface area contributed by atoms with Crippen LogP contribution in [0.15, 0.2) is 41.0 Å². The number of nitrogens with one attached hydrogen (secondary N) is 3. The molecule has 0 bridgehead atoms. The molecule has 0 unspecified atom stereocenters. The molecule has 1 aromatic carbocycles. The molecule has 0 atom stereocenters. The van der Waals surface area contributed by atoms with Crippen LogP contribution in [-0.4, -0.2) is 20.2 Å². The standard InChI is InChI=1S/C17H17BrN6/c1-10-3-2-4-12(7-10)20-17-19-9-13(18)16(22-17)21-15-8-14(23-24-15)11-5-6-11/h2-4,7-9,11H,5-6H2,1H3,(H3,19,20,21,22,23,24). The summed E-state index contributed by atoms with van der Waals surface area (Å²) in [5.74, 6) is 2.61. The number of hydrogen-bond donors (Lipinski definition) is 3. The molecular formula is C17H17BrN6. The maximum absolute atomic E-state index is 4.53. The van der Waals surface area contributed by atoms with Crippen molar-refractivity contribution in [3.05, 3.63) is 52.3 Å². The first-order chi connectivity index (χ1) is 11.7. The van der Waals surface area contributed by atoms with Crippen LogP contribution in [0.25, 0.3) is 0 Å². The summed E-state index contributed by atoms with van der Waals surface area (Å²) in [7, 11) is 0. The lowest BCUT2D eigenvalue weighted by atomic mass is 10.2. The van der Waals surface area contributed by atoms with E-state index in [-0.39, 0.29) is 0 Å². The third kappa shape index (κ3) is 3.41. The van der Waals surface area contributed by atoms with E-state index in [0.717, 1.165) is 16.0 Å². The third-order valence-electron chi connectivity index (χ3n) is 3.88. The molecule has 1 saturated carbocycles. The van der Waals surface area contributed by atoms with Gasteiger partial charge in [0.2, 0.25) is 5.95 Å². The third-order valence-corrected chi connectivity index (χ3v) is 4.46. The number of aromatic amines is 1. The molecule has 6 nitrogen and oxygen atoms in total. The second kappa shape index (κ2) is 6.24. The number of H-pyrrole nitrogens is 1. The monoisotopic (exact) mass is 384 g/mol. The summed E-state index contributed by atoms with van der Waals surface area (Å²) in [5.41, 5.74) is 3.32. The van der Waals surface area contributed by atoms with Crippen molar-refractivity contribution in [3.8, 4) is 0 Å². The van der Waals surface area contributed by atoms with Gasteiger partial charge in [-0.1, -0.05) is 12.1 Å². The second-order valence-corrected chi connectivity index (χ2v) is 6.85. The predicted molar refractivity (Wildman–Crippen MR) is 98.0 cm³/mol. The van der Waals surface area contributed by atoms with Gasteiger partial charge in [-0.3, -0.25) is 5.10 Å². The summed E-state index contributed by atoms with van der Waals surface area (Å²) in [6.07, 6.45) is 4.20. The molecule has 0 amide bonds. The molecule has 7 heteroatoms. The molecule has 1 fully saturated rings. The Labute approximate surface area is 148 Å². The Morgan fingerprint density at radius 3 is 2.88 bits per heavy atom. The molecule has 1 aliphatic rings. The van der Waals surface area contributed by atoms with E-state index in [2.05, 4.69) is 59.7 Å². The van der Waals surface area contributed by atoms with Gasteiger partial charge in [-0.05, 0) is 53.4 Å². The van der Waals surface area contributed by atoms with E-state index in [1.165, 1.54) is 24.1 Å². The number of rotatable bonds is 5. The quantitative estimate of drug-likeness (QED) is 0.597. The summed E-state index contributed by atoms with van der Waals surface area (Å²) < 4.78 is 0.785. The number of benzene rings is 1. The lowest BCUT2D eigenvalue weighted by Gasteiger charge is -2.09. The lowest BCUT2D eigenvalue weighted by molar-refractivity contribution is 0.966. The minimum atomic E-state index is 0.532. The topological polar surface area (TPSA) is 78.5 Å². The van der Waals surface area contributed by atoms with Gasteiger partial charge in [-0.25, -0.2) is 4.98 Å². The fourth-order valence-electron chi connectivity index (χ4n) is 2.49. The predicted octanol–water partition coefficient (Wildman–Crippen LogP) is 4.64. The van der Waals surface area contributed by atoms with Crippen LogP contribution in [0.4, 0.5) is 23.3 Å². The van der Waals surface area contributed by atoms with E-state index in [4.69, 9.17) is 0 Å². The largest absolute Gasteiger partial charge is 0.324 e. The van der Waals surface area contributed by atoms with Crippen LogP contribution in [-0.2, 0) is 0 Å². The Morgan fingerprint density at radius 1 is 1.21 bits per heavy atom. The van der Waals surface area contributed by atoms with E-state index in [0.29, 0.717) is 17.7 Å². The highest BCUT2D eigenvalue weighted by atomic mass is 79.9. The molecule has 24 heavy (non-hydrogen) atoms. The van der Waals surface area contributed by atoms with Crippen LogP contribution in [0.5, 0.6) is 0 Å². The van der Waals surface area contributed by atoms with Crippen molar-refractivity contribution in [2.75, 3.05) is 10.6 Å². The first-order valence-corrected chi connectivity index (χ1v) is 8.65. The van der Waals surface area contributed by atoms with E-state index in [1.807, 2.05) is 24.3 Å². The molecule has 0 radical (unpaired) electrons. The first-order valence-electron chi connectivity index (χ1n) is 7.86. The van der Waals surface area contributed by atoms with Crippen LogP contribution >= 0.6 is 15.9 Å². The van der Waals surface area contributed by atoms with Gasteiger partial charge in [0.05, 0.1) is 4.47 Å². The zero-order valence-electron chi connectivity index (χ0n) is 13.2. The number of nitrogens with zero attached hydrogens (tertiary/aromatic N) is 3. The minimum Gasteiger partial charge on any atom is -0.324 e. The summed E-state index contributed by atoms with van der Waals surface area (Å²) in [6.45, 7) is 2.05. The van der Waals surface area contributed by atoms with Crippen LogP contribution < -0.4 is 10.6 Å². The zero-order valence-corrected chi connectivity index (χ0v) is 14.8. The number of aromatic nitrogens is 4. The van der Waals surface area contributed by atoms with E-state index in [9.17, 15) is 0 Å². The lowest BCUT2D eigenvalue weighted by Crippen LogP contribution is -2.01. The average molecular weight is 385 g/mol. The highest BCUT2D eigenvalue weighted by Gasteiger charge is 2.25. The van der Waals surface area contributed by atoms with Crippen molar-refractivity contribution >= 4 is 39.2 Å². The van der Waals surface area contributed by atoms with Gasteiger partial charge in [-0.2, -0.15) is 10.1 Å². The van der Waals surface area contributed by atoms with Gasteiger partial charge in [-0.15, -0.1) is 0 Å². The fourth-order valence-corrected chi connectivity index (χ4v) is 2.78. The summed E-state index contributed by atoms with van der Waals surface area (Å²) in [6, 6.07) is 10.1. The molecule has 3 N–H and O–H groups in total. The molecule has 122 valence electrons. The van der Waals surface area contributed by atoms with Gasteiger partial charge in [0.25, 0.3) is 0 Å².